The third-order valence-corrected chi connectivity index (χ3v) is 4.80. The van der Waals surface area contributed by atoms with Crippen molar-refractivity contribution in [2.75, 3.05) is 17.3 Å². The number of hydrogen-bond acceptors (Lipinski definition) is 3. The molecule has 0 heterocycles. The summed E-state index contributed by atoms with van der Waals surface area (Å²) in [4.78, 5) is 23.0. The van der Waals surface area contributed by atoms with E-state index < -0.39 is 18.0 Å². The van der Waals surface area contributed by atoms with Crippen LogP contribution in [0.25, 0.3) is 0 Å². The quantitative estimate of drug-likeness (QED) is 0.712. The number of carbonyl (C=O) groups is 2. The van der Waals surface area contributed by atoms with Crippen molar-refractivity contribution in [1.82, 2.24) is 5.32 Å². The molecule has 0 saturated carbocycles. The van der Waals surface area contributed by atoms with Crippen LogP contribution in [-0.2, 0) is 4.79 Å². The summed E-state index contributed by atoms with van der Waals surface area (Å²) in [5, 5.41) is 14.2. The predicted molar refractivity (Wildman–Crippen MR) is 90.2 cm³/mol. The standard InChI is InChI=1S/C14H19BrN2O3S/c1-8-6-10(7-9(2)12(8)15)16-14(20)17-11(13(18)19)4-5-21-3/h6-7,11H,4-5H2,1-3H3,(H,18,19)(H2,16,17,20). The normalized spacial score (nSPS) is 11.8. The van der Waals surface area contributed by atoms with Crippen LogP contribution >= 0.6 is 27.7 Å². The van der Waals surface area contributed by atoms with E-state index in [-0.39, 0.29) is 0 Å². The lowest BCUT2D eigenvalue weighted by molar-refractivity contribution is -0.139. The van der Waals surface area contributed by atoms with Crippen molar-refractivity contribution in [3.63, 3.8) is 0 Å². The third kappa shape index (κ3) is 5.59. The molecule has 0 spiro atoms. The van der Waals surface area contributed by atoms with Crippen LogP contribution in [0.2, 0.25) is 0 Å². The minimum atomic E-state index is -1.03. The van der Waals surface area contributed by atoms with Gasteiger partial charge in [0.25, 0.3) is 0 Å². The van der Waals surface area contributed by atoms with Gasteiger partial charge in [0.15, 0.2) is 0 Å². The van der Waals surface area contributed by atoms with Crippen LogP contribution < -0.4 is 10.6 Å². The Morgan fingerprint density at radius 2 is 1.90 bits per heavy atom. The Kier molecular flexibility index (Phi) is 7.04. The number of rotatable bonds is 6. The second kappa shape index (κ2) is 8.29. The second-order valence-corrected chi connectivity index (χ2v) is 6.47. The fraction of sp³-hybridized carbons (Fsp3) is 0.429. The fourth-order valence-corrected chi connectivity index (χ4v) is 2.54. The lowest BCUT2D eigenvalue weighted by atomic mass is 10.1. The molecule has 0 fully saturated rings. The first-order chi connectivity index (χ1) is 9.85. The highest BCUT2D eigenvalue weighted by Gasteiger charge is 2.19. The number of carboxylic acids is 1. The van der Waals surface area contributed by atoms with Crippen molar-refractivity contribution < 1.29 is 14.7 Å². The van der Waals surface area contributed by atoms with Crippen LogP contribution in [-0.4, -0.2) is 35.2 Å². The van der Waals surface area contributed by atoms with Crippen molar-refractivity contribution in [2.24, 2.45) is 0 Å². The first-order valence-electron chi connectivity index (χ1n) is 6.41. The number of aryl methyl sites for hydroxylation is 2. The molecule has 1 aromatic carbocycles. The average Bonchev–Trinajstić information content (AvgIpc) is 2.40. The summed E-state index contributed by atoms with van der Waals surface area (Å²) in [6, 6.07) is 2.27. The van der Waals surface area contributed by atoms with Crippen molar-refractivity contribution in [1.29, 1.82) is 0 Å². The van der Waals surface area contributed by atoms with Gasteiger partial charge < -0.3 is 15.7 Å². The van der Waals surface area contributed by atoms with E-state index in [0.717, 1.165) is 15.6 Å². The predicted octanol–water partition coefficient (Wildman–Crippen LogP) is 3.39. The summed E-state index contributed by atoms with van der Waals surface area (Å²) < 4.78 is 0.997. The second-order valence-electron chi connectivity index (χ2n) is 4.69. The maximum absolute atomic E-state index is 11.9. The number of anilines is 1. The van der Waals surface area contributed by atoms with Crippen LogP contribution in [0.4, 0.5) is 10.5 Å². The first-order valence-corrected chi connectivity index (χ1v) is 8.59. The van der Waals surface area contributed by atoms with Crippen LogP contribution in [0.5, 0.6) is 0 Å². The summed E-state index contributed by atoms with van der Waals surface area (Å²) in [7, 11) is 0. The Morgan fingerprint density at radius 1 is 1.33 bits per heavy atom. The monoisotopic (exact) mass is 374 g/mol. The number of aliphatic carboxylic acids is 1. The number of carbonyl (C=O) groups excluding carboxylic acids is 1. The van der Waals surface area contributed by atoms with E-state index in [0.29, 0.717) is 17.9 Å². The number of thioether (sulfide) groups is 1. The molecule has 7 heteroatoms. The maximum Gasteiger partial charge on any atom is 0.326 e. The molecule has 2 amide bonds. The van der Waals surface area contributed by atoms with Crippen molar-refractivity contribution in [2.45, 2.75) is 26.3 Å². The van der Waals surface area contributed by atoms with E-state index >= 15 is 0 Å². The lowest BCUT2D eigenvalue weighted by Crippen LogP contribution is -2.43. The summed E-state index contributed by atoms with van der Waals surface area (Å²) in [6.45, 7) is 3.86. The van der Waals surface area contributed by atoms with Gasteiger partial charge in [0.1, 0.15) is 6.04 Å². The minimum Gasteiger partial charge on any atom is -0.480 e. The summed E-state index contributed by atoms with van der Waals surface area (Å²) in [5.74, 6) is -0.351. The van der Waals surface area contributed by atoms with Crippen LogP contribution in [0.1, 0.15) is 17.5 Å². The number of carboxylic acid groups (broad SMARTS) is 1. The number of hydrogen-bond donors (Lipinski definition) is 3. The zero-order chi connectivity index (χ0) is 16.0. The van der Waals surface area contributed by atoms with E-state index in [4.69, 9.17) is 5.11 Å². The molecule has 0 saturated heterocycles. The number of benzene rings is 1. The van der Waals surface area contributed by atoms with Gasteiger partial charge in [0, 0.05) is 10.2 Å². The molecule has 0 aliphatic rings. The molecule has 0 aromatic heterocycles. The fourth-order valence-electron chi connectivity index (χ4n) is 1.84. The minimum absolute atomic E-state index is 0.391. The van der Waals surface area contributed by atoms with Gasteiger partial charge >= 0.3 is 12.0 Å². The van der Waals surface area contributed by atoms with Gasteiger partial charge in [-0.3, -0.25) is 0 Å². The number of urea groups is 1. The number of amides is 2. The largest absolute Gasteiger partial charge is 0.480 e. The SMILES string of the molecule is CSCCC(NC(=O)Nc1cc(C)c(Br)c(C)c1)C(=O)O. The molecule has 3 N–H and O–H groups in total. The van der Waals surface area contributed by atoms with Crippen molar-refractivity contribution >= 4 is 45.4 Å². The van der Waals surface area contributed by atoms with Gasteiger partial charge in [-0.15, -0.1) is 0 Å². The molecule has 1 atom stereocenters. The Bertz CT molecular complexity index is 514. The summed E-state index contributed by atoms with van der Waals surface area (Å²) in [5.41, 5.74) is 2.64. The van der Waals surface area contributed by atoms with Crippen LogP contribution in [0, 0.1) is 13.8 Å². The Hall–Kier alpha value is -1.21. The summed E-state index contributed by atoms with van der Waals surface area (Å²) in [6.07, 6.45) is 2.29. The van der Waals surface area contributed by atoms with Gasteiger partial charge in [-0.2, -0.15) is 11.8 Å². The molecule has 5 nitrogen and oxygen atoms in total. The number of nitrogens with one attached hydrogen (secondary N) is 2. The highest BCUT2D eigenvalue weighted by Crippen LogP contribution is 2.24. The Labute approximate surface area is 137 Å². The molecule has 0 aliphatic heterocycles. The molecule has 1 unspecified atom stereocenters. The Morgan fingerprint density at radius 3 is 2.38 bits per heavy atom. The highest BCUT2D eigenvalue weighted by atomic mass is 79.9. The zero-order valence-electron chi connectivity index (χ0n) is 12.2. The lowest BCUT2D eigenvalue weighted by Gasteiger charge is -2.15. The molecular formula is C14H19BrN2O3S. The number of halogens is 1. The van der Waals surface area contributed by atoms with Gasteiger partial charge in [-0.05, 0) is 55.5 Å². The maximum atomic E-state index is 11.9. The van der Waals surface area contributed by atoms with E-state index in [1.165, 1.54) is 0 Å². The van der Waals surface area contributed by atoms with Gasteiger partial charge in [-0.25, -0.2) is 9.59 Å². The van der Waals surface area contributed by atoms with E-state index in [1.807, 2.05) is 32.2 Å². The first kappa shape index (κ1) is 17.8. The van der Waals surface area contributed by atoms with Crippen LogP contribution in [0.15, 0.2) is 16.6 Å². The van der Waals surface area contributed by atoms with Gasteiger partial charge in [0.2, 0.25) is 0 Å². The molecule has 0 radical (unpaired) electrons. The average molecular weight is 375 g/mol. The molecule has 0 aliphatic carbocycles. The topological polar surface area (TPSA) is 78.4 Å². The third-order valence-electron chi connectivity index (χ3n) is 2.91. The summed E-state index contributed by atoms with van der Waals surface area (Å²) >= 11 is 5.00. The van der Waals surface area contributed by atoms with Crippen molar-refractivity contribution in [3.05, 3.63) is 27.7 Å². The van der Waals surface area contributed by atoms with Gasteiger partial charge in [-0.1, -0.05) is 15.9 Å². The zero-order valence-corrected chi connectivity index (χ0v) is 14.6. The van der Waals surface area contributed by atoms with E-state index in [9.17, 15) is 9.59 Å². The van der Waals surface area contributed by atoms with E-state index in [2.05, 4.69) is 26.6 Å². The molecule has 21 heavy (non-hydrogen) atoms. The van der Waals surface area contributed by atoms with Crippen LogP contribution in [0.3, 0.4) is 0 Å². The molecule has 116 valence electrons. The molecule has 0 bridgehead atoms. The molecule has 1 rings (SSSR count). The molecule has 1 aromatic rings. The van der Waals surface area contributed by atoms with E-state index in [1.54, 1.807) is 11.8 Å². The van der Waals surface area contributed by atoms with Gasteiger partial charge in [0.05, 0.1) is 0 Å². The highest BCUT2D eigenvalue weighted by molar-refractivity contribution is 9.10. The Balaban J connectivity index is 2.70. The molecular weight excluding hydrogens is 356 g/mol. The smallest absolute Gasteiger partial charge is 0.326 e. The van der Waals surface area contributed by atoms with Crippen molar-refractivity contribution in [3.8, 4) is 0 Å².